The van der Waals surface area contributed by atoms with Crippen molar-refractivity contribution in [3.63, 3.8) is 0 Å². The molecule has 19 heavy (non-hydrogen) atoms. The molecule has 1 unspecified atom stereocenters. The summed E-state index contributed by atoms with van der Waals surface area (Å²) < 4.78 is 0. The molecule has 0 bridgehead atoms. The van der Waals surface area contributed by atoms with Gasteiger partial charge >= 0.3 is 0 Å². The predicted octanol–water partition coefficient (Wildman–Crippen LogP) is 3.10. The zero-order valence-electron chi connectivity index (χ0n) is 12.4. The second-order valence-electron chi connectivity index (χ2n) is 4.82. The van der Waals surface area contributed by atoms with Gasteiger partial charge < -0.3 is 10.7 Å². The van der Waals surface area contributed by atoms with Crippen molar-refractivity contribution < 1.29 is 0 Å². The van der Waals surface area contributed by atoms with Crippen molar-refractivity contribution in [2.45, 2.75) is 65.3 Å². The minimum Gasteiger partial charge on any atom is -0.367 e. The maximum Gasteiger partial charge on any atom is 0.145 e. The second-order valence-corrected chi connectivity index (χ2v) is 4.82. The number of hydrogen-bond donors (Lipinski definition) is 3. The predicted molar refractivity (Wildman–Crippen MR) is 81.1 cm³/mol. The quantitative estimate of drug-likeness (QED) is 0.472. The lowest BCUT2D eigenvalue weighted by atomic mass is 10.1. The Morgan fingerprint density at radius 1 is 1.11 bits per heavy atom. The number of unbranched alkanes of at least 4 members (excludes halogenated alkanes) is 1. The first kappa shape index (κ1) is 15.7. The van der Waals surface area contributed by atoms with E-state index in [0.717, 1.165) is 24.5 Å². The van der Waals surface area contributed by atoms with Gasteiger partial charge in [-0.3, -0.25) is 0 Å². The van der Waals surface area contributed by atoms with E-state index in [2.05, 4.69) is 34.6 Å². The Morgan fingerprint density at radius 3 is 2.42 bits per heavy atom. The van der Waals surface area contributed by atoms with E-state index < -0.39 is 0 Å². The third-order valence-corrected chi connectivity index (χ3v) is 3.13. The Labute approximate surface area is 116 Å². The van der Waals surface area contributed by atoms with Crippen LogP contribution in [0.3, 0.4) is 0 Å². The van der Waals surface area contributed by atoms with Crippen LogP contribution in [0.1, 0.15) is 58.7 Å². The fraction of sp³-hybridized carbons (Fsp3) is 0.714. The fourth-order valence-electron chi connectivity index (χ4n) is 2.10. The molecule has 0 fully saturated rings. The highest BCUT2D eigenvalue weighted by Gasteiger charge is 2.09. The van der Waals surface area contributed by atoms with Crippen LogP contribution in [-0.2, 0) is 6.42 Å². The first-order chi connectivity index (χ1) is 9.23. The molecule has 0 aliphatic carbocycles. The van der Waals surface area contributed by atoms with Crippen LogP contribution in [0.4, 0.5) is 11.6 Å². The summed E-state index contributed by atoms with van der Waals surface area (Å²) in [5.41, 5.74) is 2.60. The van der Waals surface area contributed by atoms with E-state index in [9.17, 15) is 0 Å². The molecule has 1 aromatic rings. The van der Waals surface area contributed by atoms with Gasteiger partial charge in [0, 0.05) is 18.5 Å². The average molecular weight is 265 g/mol. The monoisotopic (exact) mass is 265 g/mol. The number of rotatable bonds is 9. The summed E-state index contributed by atoms with van der Waals surface area (Å²) in [6, 6.07) is 2.35. The molecular weight excluding hydrogens is 238 g/mol. The van der Waals surface area contributed by atoms with Crippen molar-refractivity contribution in [3.8, 4) is 0 Å². The van der Waals surface area contributed by atoms with Crippen LogP contribution in [0.25, 0.3) is 0 Å². The molecule has 0 radical (unpaired) electrons. The normalized spacial score (nSPS) is 12.2. The van der Waals surface area contributed by atoms with Gasteiger partial charge in [0.15, 0.2) is 0 Å². The summed E-state index contributed by atoms with van der Waals surface area (Å²) >= 11 is 0. The van der Waals surface area contributed by atoms with Gasteiger partial charge in [0.1, 0.15) is 17.5 Å². The van der Waals surface area contributed by atoms with Gasteiger partial charge in [0.25, 0.3) is 0 Å². The first-order valence-corrected chi connectivity index (χ1v) is 7.34. The second kappa shape index (κ2) is 8.69. The van der Waals surface area contributed by atoms with Crippen LogP contribution in [0, 0.1) is 0 Å². The summed E-state index contributed by atoms with van der Waals surface area (Å²) in [6.07, 6.45) is 6.79. The molecule has 108 valence electrons. The zero-order chi connectivity index (χ0) is 14.1. The summed E-state index contributed by atoms with van der Waals surface area (Å²) in [5, 5.41) is 3.52. The van der Waals surface area contributed by atoms with E-state index in [0.29, 0.717) is 11.9 Å². The van der Waals surface area contributed by atoms with Crippen LogP contribution in [-0.4, -0.2) is 16.0 Å². The zero-order valence-corrected chi connectivity index (χ0v) is 12.4. The highest BCUT2D eigenvalue weighted by molar-refractivity contribution is 5.47. The number of nitrogens with one attached hydrogen (secondary N) is 2. The SMILES string of the molecule is CCCCC(CCC)Nc1cc(NN)nc(CC)n1. The Hall–Kier alpha value is -1.36. The number of anilines is 2. The lowest BCUT2D eigenvalue weighted by Crippen LogP contribution is -2.21. The van der Waals surface area contributed by atoms with Crippen LogP contribution in [0.2, 0.25) is 0 Å². The van der Waals surface area contributed by atoms with E-state index in [-0.39, 0.29) is 0 Å². The van der Waals surface area contributed by atoms with Crippen molar-refractivity contribution in [1.29, 1.82) is 0 Å². The Kier molecular flexibility index (Phi) is 7.18. The van der Waals surface area contributed by atoms with E-state index >= 15 is 0 Å². The number of aromatic nitrogens is 2. The van der Waals surface area contributed by atoms with Crippen LogP contribution in [0.15, 0.2) is 6.07 Å². The maximum atomic E-state index is 5.44. The lowest BCUT2D eigenvalue weighted by molar-refractivity contribution is 0.562. The third-order valence-electron chi connectivity index (χ3n) is 3.13. The third kappa shape index (κ3) is 5.42. The number of hydrazine groups is 1. The minimum atomic E-state index is 0.482. The topological polar surface area (TPSA) is 75.9 Å². The Morgan fingerprint density at radius 2 is 1.84 bits per heavy atom. The van der Waals surface area contributed by atoms with Crippen LogP contribution >= 0.6 is 0 Å². The summed E-state index contributed by atoms with van der Waals surface area (Å²) in [5.74, 6) is 7.79. The van der Waals surface area contributed by atoms with Gasteiger partial charge in [-0.25, -0.2) is 15.8 Å². The number of nitrogens with two attached hydrogens (primary N) is 1. The van der Waals surface area contributed by atoms with E-state index in [1.165, 1.54) is 25.7 Å². The van der Waals surface area contributed by atoms with Crippen molar-refractivity contribution >= 4 is 11.6 Å². The van der Waals surface area contributed by atoms with Crippen molar-refractivity contribution in [2.75, 3.05) is 10.7 Å². The summed E-state index contributed by atoms with van der Waals surface area (Å²) in [6.45, 7) is 6.48. The molecule has 1 rings (SSSR count). The molecule has 4 N–H and O–H groups in total. The molecule has 0 aliphatic rings. The van der Waals surface area contributed by atoms with Crippen LogP contribution in [0.5, 0.6) is 0 Å². The number of nitrogen functional groups attached to an aromatic ring is 1. The summed E-state index contributed by atoms with van der Waals surface area (Å²) in [7, 11) is 0. The fourth-order valence-corrected chi connectivity index (χ4v) is 2.10. The molecule has 1 heterocycles. The van der Waals surface area contributed by atoms with Gasteiger partial charge in [0.05, 0.1) is 0 Å². The molecule has 5 heteroatoms. The Balaban J connectivity index is 2.76. The molecule has 0 saturated heterocycles. The van der Waals surface area contributed by atoms with Crippen LogP contribution < -0.4 is 16.6 Å². The van der Waals surface area contributed by atoms with Gasteiger partial charge in [-0.05, 0) is 12.8 Å². The minimum absolute atomic E-state index is 0.482. The van der Waals surface area contributed by atoms with Gasteiger partial charge in [0.2, 0.25) is 0 Å². The molecule has 0 aromatic carbocycles. The molecule has 0 aliphatic heterocycles. The molecular formula is C14H27N5. The van der Waals surface area contributed by atoms with Gasteiger partial charge in [-0.15, -0.1) is 0 Å². The van der Waals surface area contributed by atoms with E-state index in [1.54, 1.807) is 0 Å². The van der Waals surface area contributed by atoms with Crippen molar-refractivity contribution in [1.82, 2.24) is 9.97 Å². The van der Waals surface area contributed by atoms with Crippen molar-refractivity contribution in [2.24, 2.45) is 5.84 Å². The summed E-state index contributed by atoms with van der Waals surface area (Å²) in [4.78, 5) is 8.81. The first-order valence-electron chi connectivity index (χ1n) is 7.34. The lowest BCUT2D eigenvalue weighted by Gasteiger charge is -2.19. The molecule has 1 aromatic heterocycles. The molecule has 0 spiro atoms. The van der Waals surface area contributed by atoms with Crippen molar-refractivity contribution in [3.05, 3.63) is 11.9 Å². The van der Waals surface area contributed by atoms with E-state index in [1.807, 2.05) is 13.0 Å². The smallest absolute Gasteiger partial charge is 0.145 e. The average Bonchev–Trinajstić information content (AvgIpc) is 2.44. The molecule has 0 saturated carbocycles. The van der Waals surface area contributed by atoms with Gasteiger partial charge in [-0.2, -0.15) is 0 Å². The van der Waals surface area contributed by atoms with Gasteiger partial charge in [-0.1, -0.05) is 40.0 Å². The molecule has 1 atom stereocenters. The Bertz CT molecular complexity index is 345. The maximum absolute atomic E-state index is 5.44. The largest absolute Gasteiger partial charge is 0.367 e. The number of aryl methyl sites for hydroxylation is 1. The van der Waals surface area contributed by atoms with E-state index in [4.69, 9.17) is 5.84 Å². The highest BCUT2D eigenvalue weighted by Crippen LogP contribution is 2.16. The molecule has 0 amide bonds. The number of hydrogen-bond acceptors (Lipinski definition) is 5. The highest BCUT2D eigenvalue weighted by atomic mass is 15.3. The standard InChI is InChI=1S/C14H27N5/c1-4-7-9-11(8-5-2)16-13-10-14(19-15)18-12(6-3)17-13/h10-11H,4-9,15H2,1-3H3,(H2,16,17,18,19). The molecule has 5 nitrogen and oxygen atoms in total. The number of nitrogens with zero attached hydrogens (tertiary/aromatic N) is 2.